The van der Waals surface area contributed by atoms with E-state index in [1.165, 1.54) is 0 Å². The number of likely N-dealkylation sites (tertiary alicyclic amines) is 1. The molecule has 30 heavy (non-hydrogen) atoms. The topological polar surface area (TPSA) is 91.4 Å². The minimum absolute atomic E-state index is 0.0238. The van der Waals surface area contributed by atoms with Gasteiger partial charge in [-0.05, 0) is 37.0 Å². The number of carbonyl (C=O) groups excluding carboxylic acids is 3. The zero-order valence-corrected chi connectivity index (χ0v) is 16.8. The predicted molar refractivity (Wildman–Crippen MR) is 111 cm³/mol. The summed E-state index contributed by atoms with van der Waals surface area (Å²) in [5, 5.41) is 5.66. The van der Waals surface area contributed by atoms with E-state index < -0.39 is 11.5 Å². The van der Waals surface area contributed by atoms with Crippen molar-refractivity contribution in [1.29, 1.82) is 0 Å². The summed E-state index contributed by atoms with van der Waals surface area (Å²) >= 11 is 0. The quantitative estimate of drug-likeness (QED) is 0.720. The van der Waals surface area contributed by atoms with Crippen LogP contribution in [0.2, 0.25) is 0 Å². The average molecular weight is 406 g/mol. The van der Waals surface area contributed by atoms with E-state index in [-0.39, 0.29) is 17.7 Å². The summed E-state index contributed by atoms with van der Waals surface area (Å²) in [6.07, 6.45) is 3.80. The fourth-order valence-corrected chi connectivity index (χ4v) is 4.17. The molecule has 1 atom stereocenters. The lowest BCUT2D eigenvalue weighted by Crippen LogP contribution is -2.66. The minimum Gasteiger partial charge on any atom is -0.354 e. The number of pyridine rings is 1. The van der Waals surface area contributed by atoms with E-state index in [1.807, 2.05) is 48.5 Å². The molecule has 4 rings (SSSR count). The molecule has 1 aromatic carbocycles. The molecule has 0 aliphatic carbocycles. The maximum absolute atomic E-state index is 13.2. The number of benzene rings is 1. The van der Waals surface area contributed by atoms with E-state index in [0.717, 1.165) is 11.3 Å². The van der Waals surface area contributed by atoms with Crippen molar-refractivity contribution >= 4 is 17.7 Å². The van der Waals surface area contributed by atoms with E-state index in [0.29, 0.717) is 45.3 Å². The van der Waals surface area contributed by atoms with E-state index >= 15 is 0 Å². The zero-order valence-electron chi connectivity index (χ0n) is 16.8. The van der Waals surface area contributed by atoms with Gasteiger partial charge in [-0.3, -0.25) is 19.4 Å². The number of aromatic nitrogens is 1. The van der Waals surface area contributed by atoms with Crippen molar-refractivity contribution in [2.24, 2.45) is 5.41 Å². The third kappa shape index (κ3) is 4.35. The molecule has 2 aromatic rings. The largest absolute Gasteiger partial charge is 0.354 e. The van der Waals surface area contributed by atoms with Gasteiger partial charge >= 0.3 is 0 Å². The molecule has 2 saturated heterocycles. The lowest BCUT2D eigenvalue weighted by Gasteiger charge is -2.49. The van der Waals surface area contributed by atoms with Gasteiger partial charge in [-0.1, -0.05) is 36.4 Å². The Morgan fingerprint density at radius 2 is 1.90 bits per heavy atom. The molecule has 7 nitrogen and oxygen atoms in total. The van der Waals surface area contributed by atoms with Crippen molar-refractivity contribution in [3.8, 4) is 0 Å². The normalized spacial score (nSPS) is 19.7. The number of hydrogen-bond donors (Lipinski definition) is 2. The van der Waals surface area contributed by atoms with Gasteiger partial charge in [0.15, 0.2) is 0 Å². The van der Waals surface area contributed by atoms with Gasteiger partial charge in [0.1, 0.15) is 6.04 Å². The highest BCUT2D eigenvalue weighted by molar-refractivity contribution is 5.93. The number of rotatable bonds is 7. The first-order valence-electron chi connectivity index (χ1n) is 10.4. The van der Waals surface area contributed by atoms with Crippen LogP contribution in [0.15, 0.2) is 54.7 Å². The number of aryl methyl sites for hydroxylation is 1. The molecule has 3 amide bonds. The minimum atomic E-state index is -0.703. The maximum atomic E-state index is 13.2. The van der Waals surface area contributed by atoms with E-state index in [4.69, 9.17) is 0 Å². The van der Waals surface area contributed by atoms with Crippen LogP contribution >= 0.6 is 0 Å². The highest BCUT2D eigenvalue weighted by Gasteiger charge is 2.51. The van der Waals surface area contributed by atoms with Gasteiger partial charge in [0.2, 0.25) is 17.7 Å². The Morgan fingerprint density at radius 3 is 2.57 bits per heavy atom. The van der Waals surface area contributed by atoms with Crippen LogP contribution in [0.25, 0.3) is 0 Å². The first-order chi connectivity index (χ1) is 14.6. The molecule has 7 heteroatoms. The summed E-state index contributed by atoms with van der Waals surface area (Å²) in [5.41, 5.74) is 1.22. The Hall–Kier alpha value is -3.22. The number of nitrogens with zero attached hydrogens (tertiary/aromatic N) is 2. The Morgan fingerprint density at radius 1 is 1.13 bits per heavy atom. The van der Waals surface area contributed by atoms with Crippen molar-refractivity contribution in [3.05, 3.63) is 66.0 Å². The zero-order chi connectivity index (χ0) is 21.0. The van der Waals surface area contributed by atoms with Crippen molar-refractivity contribution in [2.45, 2.75) is 31.7 Å². The Bertz CT molecular complexity index is 911. The lowest BCUT2D eigenvalue weighted by molar-refractivity contribution is -0.154. The molecular weight excluding hydrogens is 380 g/mol. The van der Waals surface area contributed by atoms with Crippen LogP contribution in [0, 0.1) is 5.41 Å². The number of carbonyl (C=O) groups is 3. The molecule has 1 unspecified atom stereocenters. The van der Waals surface area contributed by atoms with Crippen LogP contribution in [0.1, 0.15) is 24.1 Å². The van der Waals surface area contributed by atoms with Crippen LogP contribution in [0.4, 0.5) is 0 Å². The number of hydrogen-bond acceptors (Lipinski definition) is 4. The summed E-state index contributed by atoms with van der Waals surface area (Å²) in [6.45, 7) is 1.31. The summed E-state index contributed by atoms with van der Waals surface area (Å²) in [5.74, 6) is -0.265. The fraction of sp³-hybridized carbons (Fsp3) is 0.391. The third-order valence-corrected chi connectivity index (χ3v) is 5.88. The molecule has 0 radical (unpaired) electrons. The van der Waals surface area contributed by atoms with Crippen molar-refractivity contribution in [1.82, 2.24) is 20.5 Å². The SMILES string of the molecule is O=C1NCCC1NC(=O)C1(Cc2ccccc2)CN(C(=O)CCc2ccccn2)C1. The molecule has 2 aliphatic heterocycles. The molecule has 2 fully saturated rings. The van der Waals surface area contributed by atoms with Crippen LogP contribution in [0.3, 0.4) is 0 Å². The van der Waals surface area contributed by atoms with Crippen LogP contribution in [-0.2, 0) is 27.2 Å². The maximum Gasteiger partial charge on any atom is 0.242 e. The molecule has 156 valence electrons. The molecule has 2 N–H and O–H groups in total. The van der Waals surface area contributed by atoms with Gasteiger partial charge in [-0.2, -0.15) is 0 Å². The van der Waals surface area contributed by atoms with E-state index in [1.54, 1.807) is 11.1 Å². The van der Waals surface area contributed by atoms with Gasteiger partial charge in [-0.25, -0.2) is 0 Å². The summed E-state index contributed by atoms with van der Waals surface area (Å²) < 4.78 is 0. The highest BCUT2D eigenvalue weighted by Crippen LogP contribution is 2.35. The van der Waals surface area contributed by atoms with Crippen LogP contribution < -0.4 is 10.6 Å². The van der Waals surface area contributed by atoms with Gasteiger partial charge in [0, 0.05) is 37.9 Å². The van der Waals surface area contributed by atoms with Gasteiger partial charge in [0.25, 0.3) is 0 Å². The van der Waals surface area contributed by atoms with Crippen LogP contribution in [-0.4, -0.2) is 53.3 Å². The van der Waals surface area contributed by atoms with Gasteiger partial charge in [0.05, 0.1) is 5.41 Å². The highest BCUT2D eigenvalue weighted by atomic mass is 16.2. The van der Waals surface area contributed by atoms with Crippen LogP contribution in [0.5, 0.6) is 0 Å². The van der Waals surface area contributed by atoms with Crippen molar-refractivity contribution < 1.29 is 14.4 Å². The van der Waals surface area contributed by atoms with E-state index in [9.17, 15) is 14.4 Å². The second-order valence-electron chi connectivity index (χ2n) is 8.12. The average Bonchev–Trinajstić information content (AvgIpc) is 3.14. The molecule has 0 spiro atoms. The Balaban J connectivity index is 1.41. The molecule has 2 aliphatic rings. The third-order valence-electron chi connectivity index (χ3n) is 5.88. The lowest BCUT2D eigenvalue weighted by atomic mass is 9.73. The standard InChI is InChI=1S/C23H26N4O3/c28-20(10-9-18-8-4-5-12-24-18)27-15-23(16-27,14-17-6-2-1-3-7-17)22(30)26-19-11-13-25-21(19)29/h1-8,12,19H,9-11,13-16H2,(H,25,29)(H,26,30). The molecule has 1 aromatic heterocycles. The molecule has 0 bridgehead atoms. The second-order valence-corrected chi connectivity index (χ2v) is 8.12. The Labute approximate surface area is 175 Å². The van der Waals surface area contributed by atoms with Crippen molar-refractivity contribution in [3.63, 3.8) is 0 Å². The monoisotopic (exact) mass is 406 g/mol. The van der Waals surface area contributed by atoms with Gasteiger partial charge in [-0.15, -0.1) is 0 Å². The first-order valence-corrected chi connectivity index (χ1v) is 10.4. The molecular formula is C23H26N4O3. The number of amides is 3. The summed E-state index contributed by atoms with van der Waals surface area (Å²) in [6, 6.07) is 15.0. The Kier molecular flexibility index (Phi) is 5.79. The smallest absolute Gasteiger partial charge is 0.242 e. The molecule has 0 saturated carbocycles. The molecule has 3 heterocycles. The summed E-state index contributed by atoms with van der Waals surface area (Å²) in [4.78, 5) is 43.7. The predicted octanol–water partition coefficient (Wildman–Crippen LogP) is 1.09. The van der Waals surface area contributed by atoms with Gasteiger partial charge < -0.3 is 15.5 Å². The van der Waals surface area contributed by atoms with Crippen molar-refractivity contribution in [2.75, 3.05) is 19.6 Å². The fourth-order valence-electron chi connectivity index (χ4n) is 4.17. The number of nitrogens with one attached hydrogen (secondary N) is 2. The summed E-state index contributed by atoms with van der Waals surface area (Å²) in [7, 11) is 0. The second kappa shape index (κ2) is 8.65. The first kappa shape index (κ1) is 20.1. The van der Waals surface area contributed by atoms with E-state index in [2.05, 4.69) is 15.6 Å².